The minimum Gasteiger partial charge on any atom is -0.478 e. The number of ether oxygens (including phenoxy) is 2. The second-order valence-corrected chi connectivity index (χ2v) is 8.51. The molecule has 0 aliphatic carbocycles. The molecule has 2 heterocycles. The number of nitrogens with zero attached hydrogens (tertiary/aromatic N) is 1. The predicted molar refractivity (Wildman–Crippen MR) is 122 cm³/mol. The summed E-state index contributed by atoms with van der Waals surface area (Å²) in [6.07, 6.45) is 0. The van der Waals surface area contributed by atoms with E-state index in [1.807, 2.05) is 0 Å². The highest BCUT2D eigenvalue weighted by molar-refractivity contribution is 9.10. The molecule has 10 heteroatoms. The van der Waals surface area contributed by atoms with Crippen molar-refractivity contribution >= 4 is 45.3 Å². The first-order valence-corrected chi connectivity index (χ1v) is 10.8. The third-order valence-electron chi connectivity index (χ3n) is 5.47. The quantitative estimate of drug-likeness (QED) is 0.486. The molecule has 0 spiro atoms. The van der Waals surface area contributed by atoms with E-state index in [9.17, 15) is 24.3 Å². The van der Waals surface area contributed by atoms with Crippen LogP contribution in [-0.4, -0.2) is 40.5 Å². The second-order valence-electron chi connectivity index (χ2n) is 7.59. The van der Waals surface area contributed by atoms with Crippen molar-refractivity contribution in [1.29, 1.82) is 0 Å². The van der Waals surface area contributed by atoms with Crippen LogP contribution in [0.5, 0.6) is 11.5 Å². The zero-order valence-corrected chi connectivity index (χ0v) is 18.9. The lowest BCUT2D eigenvalue weighted by atomic mass is 10.0. The first-order valence-electron chi connectivity index (χ1n) is 10.0. The number of hydrogen-bond donors (Lipinski definition) is 2. The van der Waals surface area contributed by atoms with Gasteiger partial charge in [0.2, 0.25) is 6.79 Å². The normalized spacial score (nSPS) is 13.7. The summed E-state index contributed by atoms with van der Waals surface area (Å²) in [4.78, 5) is 51.2. The molecule has 0 radical (unpaired) electrons. The Morgan fingerprint density at radius 1 is 0.941 bits per heavy atom. The molecule has 5 rings (SSSR count). The van der Waals surface area contributed by atoms with Gasteiger partial charge in [-0.25, -0.2) is 4.79 Å². The van der Waals surface area contributed by atoms with Crippen molar-refractivity contribution in [3.05, 3.63) is 86.9 Å². The minimum absolute atomic E-state index is 0.0331. The van der Waals surface area contributed by atoms with Gasteiger partial charge in [-0.15, -0.1) is 0 Å². The third kappa shape index (κ3) is 3.77. The van der Waals surface area contributed by atoms with E-state index in [2.05, 4.69) is 21.2 Å². The number of halogens is 1. The van der Waals surface area contributed by atoms with Crippen LogP contribution in [-0.2, 0) is 6.54 Å². The van der Waals surface area contributed by atoms with E-state index in [0.29, 0.717) is 21.5 Å². The smallest absolute Gasteiger partial charge is 0.337 e. The number of carboxylic acids is 1. The van der Waals surface area contributed by atoms with Gasteiger partial charge in [0.15, 0.2) is 11.5 Å². The van der Waals surface area contributed by atoms with Crippen molar-refractivity contribution in [1.82, 2.24) is 4.90 Å². The summed E-state index contributed by atoms with van der Waals surface area (Å²) < 4.78 is 11.2. The van der Waals surface area contributed by atoms with Crippen molar-refractivity contribution < 1.29 is 33.8 Å². The lowest BCUT2D eigenvalue weighted by molar-refractivity contribution is 0.0639. The minimum atomic E-state index is -1.20. The number of imide groups is 1. The fourth-order valence-corrected chi connectivity index (χ4v) is 4.16. The highest BCUT2D eigenvalue weighted by Gasteiger charge is 2.36. The number of nitrogens with one attached hydrogen (secondary N) is 1. The molecule has 2 aliphatic heterocycles. The molecular weight excluding hydrogens is 508 g/mol. The molecule has 0 atom stereocenters. The fraction of sp³-hybridized carbons (Fsp3) is 0.0833. The number of carbonyl (C=O) groups is 4. The lowest BCUT2D eigenvalue weighted by Gasteiger charge is -2.14. The summed E-state index contributed by atoms with van der Waals surface area (Å²) in [6.45, 7) is 0.149. The molecule has 0 bridgehead atoms. The first-order chi connectivity index (χ1) is 16.3. The van der Waals surface area contributed by atoms with E-state index in [-0.39, 0.29) is 41.3 Å². The lowest BCUT2D eigenvalue weighted by Crippen LogP contribution is -2.29. The van der Waals surface area contributed by atoms with Crippen LogP contribution in [0.2, 0.25) is 0 Å². The Hall–Kier alpha value is -4.18. The molecule has 2 N–H and O–H groups in total. The third-order valence-corrected chi connectivity index (χ3v) is 5.96. The highest BCUT2D eigenvalue weighted by Crippen LogP contribution is 2.34. The summed E-state index contributed by atoms with van der Waals surface area (Å²) in [5, 5.41) is 11.9. The fourth-order valence-electron chi connectivity index (χ4n) is 3.79. The Morgan fingerprint density at radius 2 is 1.71 bits per heavy atom. The maximum Gasteiger partial charge on any atom is 0.337 e. The number of fused-ring (bicyclic) bond motifs is 2. The number of aromatic carboxylic acids is 1. The van der Waals surface area contributed by atoms with E-state index >= 15 is 0 Å². The van der Waals surface area contributed by atoms with E-state index in [1.165, 1.54) is 30.3 Å². The van der Waals surface area contributed by atoms with E-state index in [1.54, 1.807) is 24.3 Å². The van der Waals surface area contributed by atoms with Gasteiger partial charge in [-0.2, -0.15) is 0 Å². The Labute approximate surface area is 201 Å². The van der Waals surface area contributed by atoms with Gasteiger partial charge in [0.1, 0.15) is 0 Å². The van der Waals surface area contributed by atoms with Gasteiger partial charge < -0.3 is 19.9 Å². The summed E-state index contributed by atoms with van der Waals surface area (Å²) in [7, 11) is 0. The zero-order valence-electron chi connectivity index (χ0n) is 17.3. The van der Waals surface area contributed by atoms with Crippen molar-refractivity contribution in [2.24, 2.45) is 0 Å². The molecule has 170 valence electrons. The summed E-state index contributed by atoms with van der Waals surface area (Å²) in [5.41, 5.74) is 1.11. The summed E-state index contributed by atoms with van der Waals surface area (Å²) in [6, 6.07) is 13.8. The molecular formula is C24H15BrN2O7. The van der Waals surface area contributed by atoms with Crippen molar-refractivity contribution in [3.8, 4) is 11.5 Å². The molecule has 3 aromatic carbocycles. The molecule has 2 aliphatic rings. The molecule has 0 saturated heterocycles. The standard InChI is InChI=1S/C24H15BrN2O7/c25-14-3-5-18(17(9-14)24(31)32)26-21(28)13-2-4-15-16(8-13)23(30)27(22(15)29)10-12-1-6-19-20(7-12)34-11-33-19/h1-9H,10-11H2,(H,26,28)(H,31,32). The summed E-state index contributed by atoms with van der Waals surface area (Å²) in [5.74, 6) is -1.67. The Bertz CT molecular complexity index is 1400. The average molecular weight is 523 g/mol. The molecule has 0 saturated carbocycles. The number of hydrogen-bond acceptors (Lipinski definition) is 6. The van der Waals surface area contributed by atoms with Crippen molar-refractivity contribution in [2.75, 3.05) is 12.1 Å². The van der Waals surface area contributed by atoms with Gasteiger partial charge in [-0.05, 0) is 54.1 Å². The molecule has 0 aromatic heterocycles. The Balaban J connectivity index is 1.38. The van der Waals surface area contributed by atoms with Crippen LogP contribution in [0.4, 0.5) is 5.69 Å². The number of benzene rings is 3. The van der Waals surface area contributed by atoms with Gasteiger partial charge >= 0.3 is 5.97 Å². The van der Waals surface area contributed by atoms with Crippen molar-refractivity contribution in [2.45, 2.75) is 6.54 Å². The van der Waals surface area contributed by atoms with Gasteiger partial charge in [0, 0.05) is 10.0 Å². The molecule has 34 heavy (non-hydrogen) atoms. The van der Waals surface area contributed by atoms with E-state index in [0.717, 1.165) is 4.90 Å². The zero-order chi connectivity index (χ0) is 24.0. The predicted octanol–water partition coefficient (Wildman–Crippen LogP) is 3.92. The maximum atomic E-state index is 13.0. The highest BCUT2D eigenvalue weighted by atomic mass is 79.9. The number of rotatable bonds is 5. The monoisotopic (exact) mass is 522 g/mol. The molecule has 0 fully saturated rings. The van der Waals surface area contributed by atoms with Crippen LogP contribution in [0.15, 0.2) is 59.1 Å². The van der Waals surface area contributed by atoms with Gasteiger partial charge in [0.05, 0.1) is 28.9 Å². The average Bonchev–Trinajstić information content (AvgIpc) is 3.38. The van der Waals surface area contributed by atoms with Crippen LogP contribution in [0.25, 0.3) is 0 Å². The topological polar surface area (TPSA) is 122 Å². The largest absolute Gasteiger partial charge is 0.478 e. The van der Waals surface area contributed by atoms with E-state index < -0.39 is 23.7 Å². The van der Waals surface area contributed by atoms with E-state index in [4.69, 9.17) is 9.47 Å². The maximum absolute atomic E-state index is 13.0. The van der Waals surface area contributed by atoms with Crippen LogP contribution in [0, 0.1) is 0 Å². The number of amides is 3. The molecule has 3 aromatic rings. The Kier molecular flexibility index (Phi) is 5.29. The molecule has 3 amide bonds. The van der Waals surface area contributed by atoms with Crippen LogP contribution >= 0.6 is 15.9 Å². The summed E-state index contributed by atoms with van der Waals surface area (Å²) >= 11 is 3.20. The van der Waals surface area contributed by atoms with Crippen molar-refractivity contribution in [3.63, 3.8) is 0 Å². The first kappa shape index (κ1) is 21.7. The van der Waals surface area contributed by atoms with Gasteiger partial charge in [0.25, 0.3) is 17.7 Å². The number of carboxylic acid groups (broad SMARTS) is 1. The SMILES string of the molecule is O=C(Nc1ccc(Br)cc1C(=O)O)c1ccc2c(c1)C(=O)N(Cc1ccc3c(c1)OCO3)C2=O. The second kappa shape index (κ2) is 8.31. The van der Waals surface area contributed by atoms with Crippen LogP contribution in [0.3, 0.4) is 0 Å². The van der Waals surface area contributed by atoms with Gasteiger partial charge in [-0.3, -0.25) is 19.3 Å². The van der Waals surface area contributed by atoms with Crippen LogP contribution < -0.4 is 14.8 Å². The number of carbonyl (C=O) groups excluding carboxylic acids is 3. The Morgan fingerprint density at radius 3 is 2.50 bits per heavy atom. The van der Waals surface area contributed by atoms with Gasteiger partial charge in [-0.1, -0.05) is 22.0 Å². The molecule has 9 nitrogen and oxygen atoms in total. The molecule has 0 unspecified atom stereocenters. The number of anilines is 1. The van der Waals surface area contributed by atoms with Crippen LogP contribution in [0.1, 0.15) is 47.0 Å².